The first-order chi connectivity index (χ1) is 24.0. The fraction of sp³-hybridized carbons (Fsp3) is 0.452. The molecular weight excluding hydrogens is 692 g/mol. The Balaban J connectivity index is 1.41. The lowest BCUT2D eigenvalue weighted by Gasteiger charge is -2.46. The summed E-state index contributed by atoms with van der Waals surface area (Å²) in [5, 5.41) is 121. The summed E-state index contributed by atoms with van der Waals surface area (Å²) in [6.07, 6.45) is -20.9. The number of rotatable bonds is 10. The number of phenols is 3. The molecule has 5 rings (SSSR count). The van der Waals surface area contributed by atoms with Gasteiger partial charge in [-0.15, -0.1) is 0 Å². The van der Waals surface area contributed by atoms with Gasteiger partial charge in [0.2, 0.25) is 12.6 Å². The first-order valence-corrected chi connectivity index (χ1v) is 15.1. The topological polar surface area (TPSA) is 344 Å². The molecule has 0 radical (unpaired) electrons. The Morgan fingerprint density at radius 2 is 1.49 bits per heavy atom. The first kappa shape index (κ1) is 37.6. The Hall–Kier alpha value is -4.61. The van der Waals surface area contributed by atoms with Gasteiger partial charge in [0.15, 0.2) is 28.6 Å². The van der Waals surface area contributed by atoms with Gasteiger partial charge in [-0.2, -0.15) is 0 Å². The van der Waals surface area contributed by atoms with Crippen molar-refractivity contribution in [2.75, 3.05) is 13.2 Å². The number of carboxylic acids is 1. The van der Waals surface area contributed by atoms with Crippen molar-refractivity contribution in [3.05, 3.63) is 46.1 Å². The Labute approximate surface area is 284 Å². The molecule has 3 heterocycles. The Kier molecular flexibility index (Phi) is 10.7. The minimum Gasteiger partial charge on any atom is -0.507 e. The van der Waals surface area contributed by atoms with Crippen LogP contribution >= 0.6 is 0 Å². The molecule has 2 saturated heterocycles. The molecule has 0 spiro atoms. The van der Waals surface area contributed by atoms with Crippen molar-refractivity contribution in [2.45, 2.75) is 73.8 Å². The van der Waals surface area contributed by atoms with Crippen molar-refractivity contribution in [3.63, 3.8) is 0 Å². The standard InChI is InChI=1S/C31H34O20/c32-3-1-10-5-11(6-15(36)19(10)37)16-9-14(35)18-13(34)7-12(8-17(18)48-16)47-28-23(41)20(38)21(39)25(49-28)27(44)50-29-24(42)22(40)26(43)31(51-29,2-4-33)30(45)46/h5-9,20-26,28-29,32-34,36-43H,1-4H2,(H,45,46)/t20-,21-,22+,23+,24+,25-,26-,28+,29+,31-/m0/s1. The van der Waals surface area contributed by atoms with Crippen molar-refractivity contribution < 1.29 is 94.2 Å². The van der Waals surface area contributed by atoms with Gasteiger partial charge >= 0.3 is 11.9 Å². The van der Waals surface area contributed by atoms with E-state index in [0.717, 1.165) is 24.3 Å². The van der Waals surface area contributed by atoms with Gasteiger partial charge in [-0.3, -0.25) is 4.79 Å². The van der Waals surface area contributed by atoms with Crippen LogP contribution in [0.25, 0.3) is 22.3 Å². The molecule has 1 aromatic heterocycles. The highest BCUT2D eigenvalue weighted by molar-refractivity contribution is 5.86. The lowest BCUT2D eigenvalue weighted by atomic mass is 9.84. The van der Waals surface area contributed by atoms with E-state index >= 15 is 0 Å². The second-order valence-corrected chi connectivity index (χ2v) is 11.8. The van der Waals surface area contributed by atoms with Gasteiger partial charge in [0.25, 0.3) is 0 Å². The van der Waals surface area contributed by atoms with Gasteiger partial charge in [-0.25, -0.2) is 9.59 Å². The van der Waals surface area contributed by atoms with Crippen LogP contribution in [0.4, 0.5) is 0 Å². The number of fused-ring (bicyclic) bond motifs is 1. The zero-order valence-electron chi connectivity index (χ0n) is 26.0. The molecule has 10 atom stereocenters. The number of aliphatic hydroxyl groups is 8. The highest BCUT2D eigenvalue weighted by Crippen LogP contribution is 2.38. The summed E-state index contributed by atoms with van der Waals surface area (Å²) in [6, 6.07) is 5.32. The number of hydrogen-bond acceptors (Lipinski definition) is 19. The summed E-state index contributed by atoms with van der Waals surface area (Å²) in [5.74, 6) is -5.89. The maximum atomic E-state index is 13.1. The van der Waals surface area contributed by atoms with Crippen LogP contribution in [0.15, 0.2) is 39.5 Å². The Bertz CT molecular complexity index is 1840. The van der Waals surface area contributed by atoms with Crippen molar-refractivity contribution in [1.29, 1.82) is 0 Å². The van der Waals surface area contributed by atoms with Crippen molar-refractivity contribution in [2.24, 2.45) is 0 Å². The molecule has 0 amide bonds. The summed E-state index contributed by atoms with van der Waals surface area (Å²) in [4.78, 5) is 38.0. The van der Waals surface area contributed by atoms with Crippen molar-refractivity contribution >= 4 is 22.9 Å². The lowest BCUT2D eigenvalue weighted by molar-refractivity contribution is -0.327. The molecule has 0 saturated carbocycles. The lowest BCUT2D eigenvalue weighted by Crippen LogP contribution is -2.69. The molecule has 2 aromatic carbocycles. The number of benzene rings is 2. The van der Waals surface area contributed by atoms with E-state index in [1.807, 2.05) is 0 Å². The largest absolute Gasteiger partial charge is 0.507 e. The van der Waals surface area contributed by atoms with Crippen LogP contribution in [0.3, 0.4) is 0 Å². The molecule has 0 bridgehead atoms. The fourth-order valence-electron chi connectivity index (χ4n) is 5.76. The fourth-order valence-corrected chi connectivity index (χ4v) is 5.76. The Morgan fingerprint density at radius 1 is 0.804 bits per heavy atom. The number of phenolic OH excluding ortho intramolecular Hbond substituents is 3. The third kappa shape index (κ3) is 6.89. The Morgan fingerprint density at radius 3 is 2.14 bits per heavy atom. The van der Waals surface area contributed by atoms with Crippen LogP contribution in [-0.2, 0) is 30.2 Å². The molecule has 2 aliphatic rings. The molecule has 2 aliphatic heterocycles. The van der Waals surface area contributed by atoms with Gasteiger partial charge in [-0.1, -0.05) is 0 Å². The van der Waals surface area contributed by atoms with E-state index in [0.29, 0.717) is 0 Å². The van der Waals surface area contributed by atoms with E-state index < -0.39 is 114 Å². The van der Waals surface area contributed by atoms with E-state index in [1.165, 1.54) is 6.07 Å². The van der Waals surface area contributed by atoms with Crippen LogP contribution in [0.5, 0.6) is 23.0 Å². The predicted octanol–water partition coefficient (Wildman–Crippen LogP) is -3.51. The number of aliphatic carboxylic acids is 1. The number of carbonyl (C=O) groups excluding carboxylic acids is 1. The van der Waals surface area contributed by atoms with E-state index in [2.05, 4.69) is 0 Å². The van der Waals surface area contributed by atoms with Crippen LogP contribution < -0.4 is 10.2 Å². The monoisotopic (exact) mass is 726 g/mol. The van der Waals surface area contributed by atoms with Crippen LogP contribution in [0, 0.1) is 0 Å². The average molecular weight is 727 g/mol. The average Bonchev–Trinajstić information content (AvgIpc) is 3.07. The van der Waals surface area contributed by atoms with E-state index in [-0.39, 0.29) is 40.9 Å². The van der Waals surface area contributed by atoms with Crippen molar-refractivity contribution in [3.8, 4) is 34.3 Å². The van der Waals surface area contributed by atoms with Crippen LogP contribution in [-0.4, -0.2) is 147 Å². The number of ether oxygens (including phenoxy) is 4. The summed E-state index contributed by atoms with van der Waals surface area (Å²) >= 11 is 0. The molecule has 20 heteroatoms. The maximum Gasteiger partial charge on any atom is 0.340 e. The summed E-state index contributed by atoms with van der Waals surface area (Å²) < 4.78 is 26.7. The quantitative estimate of drug-likeness (QED) is 0.0711. The minimum atomic E-state index is -2.76. The summed E-state index contributed by atoms with van der Waals surface area (Å²) in [5.41, 5.74) is -3.63. The smallest absolute Gasteiger partial charge is 0.340 e. The van der Waals surface area contributed by atoms with Gasteiger partial charge in [-0.05, 0) is 18.6 Å². The van der Waals surface area contributed by atoms with E-state index in [4.69, 9.17) is 23.4 Å². The molecule has 0 aliphatic carbocycles. The molecule has 12 N–H and O–H groups in total. The first-order valence-electron chi connectivity index (χ1n) is 15.1. The molecule has 51 heavy (non-hydrogen) atoms. The predicted molar refractivity (Wildman–Crippen MR) is 162 cm³/mol. The van der Waals surface area contributed by atoms with E-state index in [9.17, 15) is 75.7 Å². The normalized spacial score (nSPS) is 30.9. The highest BCUT2D eigenvalue weighted by atomic mass is 16.8. The molecule has 278 valence electrons. The number of carboxylic acid groups (broad SMARTS) is 1. The number of carbonyl (C=O) groups is 2. The van der Waals surface area contributed by atoms with Crippen LogP contribution in [0.2, 0.25) is 0 Å². The minimum absolute atomic E-state index is 0.0607. The number of aliphatic hydroxyl groups excluding tert-OH is 8. The third-order valence-electron chi connectivity index (χ3n) is 8.51. The van der Waals surface area contributed by atoms with Gasteiger partial charge < -0.3 is 84.6 Å². The summed E-state index contributed by atoms with van der Waals surface area (Å²) in [6.45, 7) is -1.27. The number of aromatic hydroxyl groups is 3. The van der Waals surface area contributed by atoms with Gasteiger partial charge in [0.1, 0.15) is 64.9 Å². The third-order valence-corrected chi connectivity index (χ3v) is 8.51. The van der Waals surface area contributed by atoms with E-state index in [1.54, 1.807) is 0 Å². The second-order valence-electron chi connectivity index (χ2n) is 11.8. The zero-order chi connectivity index (χ0) is 37.5. The maximum absolute atomic E-state index is 13.1. The molecular formula is C31H34O20. The molecule has 0 unspecified atom stereocenters. The SMILES string of the molecule is O=C(O[C@@H]1O[C@](CCO)(C(=O)O)[C@@H](O)[C@H](O)[C@H]1O)[C@H]1O[C@@H](Oc2cc(O)c3c(=O)cc(-c4cc(O)c(O)c(CCO)c4)oc3c2)[C@H](O)[C@@H](O)[C@@H]1O. The molecule has 2 fully saturated rings. The van der Waals surface area contributed by atoms with Crippen molar-refractivity contribution in [1.82, 2.24) is 0 Å². The zero-order valence-corrected chi connectivity index (χ0v) is 26.0. The summed E-state index contributed by atoms with van der Waals surface area (Å²) in [7, 11) is 0. The van der Waals surface area contributed by atoms with Gasteiger partial charge in [0.05, 0.1) is 0 Å². The molecule has 20 nitrogen and oxygen atoms in total. The second kappa shape index (κ2) is 14.6. The number of esters is 1. The van der Waals surface area contributed by atoms with Crippen LogP contribution in [0.1, 0.15) is 12.0 Å². The van der Waals surface area contributed by atoms with Gasteiger partial charge in [0, 0.05) is 49.0 Å². The molecule has 3 aromatic rings. The highest BCUT2D eigenvalue weighted by Gasteiger charge is 2.60. The number of hydrogen-bond donors (Lipinski definition) is 12.